The van der Waals surface area contributed by atoms with Crippen LogP contribution in [0.3, 0.4) is 0 Å². The highest BCUT2D eigenvalue weighted by atomic mass is 35.5. The number of carbonyl (C=O) groups is 1. The molecule has 1 heterocycles. The Hall–Kier alpha value is -1.66. The number of aromatic amines is 1. The third-order valence-electron chi connectivity index (χ3n) is 3.96. The van der Waals surface area contributed by atoms with Gasteiger partial charge in [-0.2, -0.15) is 5.21 Å². The summed E-state index contributed by atoms with van der Waals surface area (Å²) in [7, 11) is 0. The molecule has 0 unspecified atom stereocenters. The van der Waals surface area contributed by atoms with Crippen molar-refractivity contribution in [2.45, 2.75) is 37.6 Å². The molecule has 2 N–H and O–H groups in total. The summed E-state index contributed by atoms with van der Waals surface area (Å²) in [5.41, 5.74) is 0.120. The predicted octanol–water partition coefficient (Wildman–Crippen LogP) is 2.46. The summed E-state index contributed by atoms with van der Waals surface area (Å²) >= 11 is 12.3. The van der Waals surface area contributed by atoms with Gasteiger partial charge in [0.15, 0.2) is 5.82 Å². The van der Waals surface area contributed by atoms with Crippen LogP contribution in [0.25, 0.3) is 0 Å². The van der Waals surface area contributed by atoms with Crippen LogP contribution in [0.2, 0.25) is 10.0 Å². The normalized spacial score (nSPS) is 20.7. The molecule has 22 heavy (non-hydrogen) atoms. The molecule has 8 heteroatoms. The molecule has 1 aromatic heterocycles. The monoisotopic (exact) mass is 339 g/mol. The summed E-state index contributed by atoms with van der Waals surface area (Å²) in [4.78, 5) is 12.5. The van der Waals surface area contributed by atoms with E-state index in [1.54, 1.807) is 19.9 Å². The number of H-pyrrole nitrogens is 1. The second kappa shape index (κ2) is 5.52. The molecule has 1 fully saturated rings. The van der Waals surface area contributed by atoms with Crippen molar-refractivity contribution >= 4 is 29.1 Å². The highest BCUT2D eigenvalue weighted by Gasteiger charge is 2.44. The van der Waals surface area contributed by atoms with Crippen molar-refractivity contribution < 1.29 is 4.79 Å². The molecule has 1 aliphatic carbocycles. The van der Waals surface area contributed by atoms with Gasteiger partial charge in [0, 0.05) is 12.0 Å². The largest absolute Gasteiger partial charge is 0.352 e. The van der Waals surface area contributed by atoms with Crippen LogP contribution < -0.4 is 5.32 Å². The minimum atomic E-state index is -0.849. The van der Waals surface area contributed by atoms with Gasteiger partial charge >= 0.3 is 0 Å². The Labute approximate surface area is 137 Å². The zero-order valence-corrected chi connectivity index (χ0v) is 13.6. The molecule has 0 aliphatic heterocycles. The van der Waals surface area contributed by atoms with Crippen LogP contribution in [0.4, 0.5) is 0 Å². The molecule has 1 aromatic carbocycles. The predicted molar refractivity (Wildman–Crippen MR) is 83.0 cm³/mol. The van der Waals surface area contributed by atoms with E-state index in [0.29, 0.717) is 15.9 Å². The first-order valence-electron chi connectivity index (χ1n) is 6.90. The highest BCUT2D eigenvalue weighted by Crippen LogP contribution is 2.45. The van der Waals surface area contributed by atoms with E-state index in [-0.39, 0.29) is 17.9 Å². The number of halogens is 2. The van der Waals surface area contributed by atoms with Gasteiger partial charge in [0.05, 0.1) is 10.0 Å². The van der Waals surface area contributed by atoms with E-state index >= 15 is 0 Å². The molecule has 0 radical (unpaired) electrons. The lowest BCUT2D eigenvalue weighted by Crippen LogP contribution is -2.42. The molecule has 6 nitrogen and oxygen atoms in total. The van der Waals surface area contributed by atoms with Crippen molar-refractivity contribution in [3.8, 4) is 0 Å². The molecule has 0 spiro atoms. The van der Waals surface area contributed by atoms with Crippen LogP contribution in [0.1, 0.15) is 37.6 Å². The Balaban J connectivity index is 1.69. The number of hydrogen-bond donors (Lipinski definition) is 2. The minimum Gasteiger partial charge on any atom is -0.352 e. The third-order valence-corrected chi connectivity index (χ3v) is 4.79. The number of aromatic nitrogens is 4. The summed E-state index contributed by atoms with van der Waals surface area (Å²) in [5, 5.41) is 17.8. The third kappa shape index (κ3) is 2.68. The van der Waals surface area contributed by atoms with Crippen LogP contribution >= 0.6 is 23.2 Å². The van der Waals surface area contributed by atoms with Crippen molar-refractivity contribution in [1.82, 2.24) is 25.9 Å². The first kappa shape index (κ1) is 15.2. The van der Waals surface area contributed by atoms with Crippen molar-refractivity contribution in [2.75, 3.05) is 0 Å². The maximum atomic E-state index is 12.5. The minimum absolute atomic E-state index is 0.0506. The summed E-state index contributed by atoms with van der Waals surface area (Å²) in [5.74, 6) is 0.416. The number of carbonyl (C=O) groups excluding carboxylic acids is 1. The van der Waals surface area contributed by atoms with E-state index in [4.69, 9.17) is 23.2 Å². The van der Waals surface area contributed by atoms with Crippen molar-refractivity contribution in [3.63, 3.8) is 0 Å². The van der Waals surface area contributed by atoms with Crippen LogP contribution in [0.15, 0.2) is 18.2 Å². The zero-order valence-electron chi connectivity index (χ0n) is 12.1. The van der Waals surface area contributed by atoms with Gasteiger partial charge in [-0.3, -0.25) is 4.79 Å². The van der Waals surface area contributed by atoms with Gasteiger partial charge in [-0.1, -0.05) is 40.5 Å². The second-order valence-electron chi connectivity index (χ2n) is 5.93. The number of nitrogens with zero attached hydrogens (tertiary/aromatic N) is 3. The first-order valence-corrected chi connectivity index (χ1v) is 7.65. The number of amides is 1. The van der Waals surface area contributed by atoms with E-state index in [1.807, 2.05) is 12.1 Å². The van der Waals surface area contributed by atoms with Gasteiger partial charge in [-0.25, -0.2) is 0 Å². The van der Waals surface area contributed by atoms with Gasteiger partial charge in [-0.15, -0.1) is 10.2 Å². The Morgan fingerprint density at radius 1 is 1.41 bits per heavy atom. The van der Waals surface area contributed by atoms with E-state index in [1.165, 1.54) is 0 Å². The van der Waals surface area contributed by atoms with E-state index in [2.05, 4.69) is 25.9 Å². The standard InChI is InChI=1S/C14H15Cl2N5O/c1-14(2,12-18-20-21-19-12)13(22)17-10-6-8(10)7-4-3-5-9(15)11(7)16/h3-5,8,10H,6H2,1-2H3,(H,17,22)(H,18,19,20,21)/t8-,10+/m0/s1. The number of rotatable bonds is 4. The molecule has 1 saturated carbocycles. The molecule has 0 bridgehead atoms. The average molecular weight is 340 g/mol. The van der Waals surface area contributed by atoms with Crippen LogP contribution in [-0.4, -0.2) is 32.6 Å². The topological polar surface area (TPSA) is 83.6 Å². The Morgan fingerprint density at radius 3 is 2.86 bits per heavy atom. The van der Waals surface area contributed by atoms with Crippen LogP contribution in [0.5, 0.6) is 0 Å². The van der Waals surface area contributed by atoms with Crippen molar-refractivity contribution in [1.29, 1.82) is 0 Å². The number of benzene rings is 1. The molecule has 1 aliphatic rings. The SMILES string of the molecule is CC(C)(C(=O)N[C@@H]1C[C@H]1c1cccc(Cl)c1Cl)c1nn[nH]n1. The van der Waals surface area contributed by atoms with Gasteiger partial charge in [0.2, 0.25) is 5.91 Å². The first-order chi connectivity index (χ1) is 10.4. The molecule has 116 valence electrons. The van der Waals surface area contributed by atoms with Crippen LogP contribution in [0, 0.1) is 0 Å². The molecule has 2 atom stereocenters. The summed E-state index contributed by atoms with van der Waals surface area (Å²) < 4.78 is 0. The molecular formula is C14H15Cl2N5O. The van der Waals surface area contributed by atoms with Crippen molar-refractivity contribution in [2.24, 2.45) is 0 Å². The quantitative estimate of drug-likeness (QED) is 0.896. The van der Waals surface area contributed by atoms with Gasteiger partial charge in [-0.05, 0) is 31.9 Å². The highest BCUT2D eigenvalue weighted by molar-refractivity contribution is 6.42. The fourth-order valence-corrected chi connectivity index (χ4v) is 2.83. The summed E-state index contributed by atoms with van der Waals surface area (Å²) in [6.07, 6.45) is 0.841. The molecule has 0 saturated heterocycles. The van der Waals surface area contributed by atoms with E-state index in [9.17, 15) is 4.79 Å². The zero-order chi connectivity index (χ0) is 15.9. The fourth-order valence-electron chi connectivity index (χ4n) is 2.38. The van der Waals surface area contributed by atoms with Crippen molar-refractivity contribution in [3.05, 3.63) is 39.6 Å². The molecule has 3 rings (SSSR count). The summed E-state index contributed by atoms with van der Waals surface area (Å²) in [6, 6.07) is 5.61. The maximum absolute atomic E-state index is 12.5. The Morgan fingerprint density at radius 2 is 2.18 bits per heavy atom. The lowest BCUT2D eigenvalue weighted by Gasteiger charge is -2.19. The summed E-state index contributed by atoms with van der Waals surface area (Å²) in [6.45, 7) is 3.52. The molecule has 1 amide bonds. The average Bonchev–Trinajstić information content (AvgIpc) is 3.01. The Kier molecular flexibility index (Phi) is 3.82. The van der Waals surface area contributed by atoms with Gasteiger partial charge < -0.3 is 5.32 Å². The van der Waals surface area contributed by atoms with Gasteiger partial charge in [0.1, 0.15) is 5.41 Å². The smallest absolute Gasteiger partial charge is 0.233 e. The van der Waals surface area contributed by atoms with Gasteiger partial charge in [0.25, 0.3) is 0 Å². The van der Waals surface area contributed by atoms with E-state index in [0.717, 1.165) is 12.0 Å². The Bertz CT molecular complexity index is 701. The lowest BCUT2D eigenvalue weighted by molar-refractivity contribution is -0.126. The molecular weight excluding hydrogens is 325 g/mol. The van der Waals surface area contributed by atoms with E-state index < -0.39 is 5.41 Å². The van der Waals surface area contributed by atoms with Crippen LogP contribution in [-0.2, 0) is 10.2 Å². The fraction of sp³-hybridized carbons (Fsp3) is 0.429. The lowest BCUT2D eigenvalue weighted by atomic mass is 9.91. The number of hydrogen-bond acceptors (Lipinski definition) is 4. The number of nitrogens with one attached hydrogen (secondary N) is 2. The maximum Gasteiger partial charge on any atom is 0.233 e. The number of tetrazole rings is 1. The second-order valence-corrected chi connectivity index (χ2v) is 6.71. The molecule has 2 aromatic rings.